The van der Waals surface area contributed by atoms with Gasteiger partial charge in [0.25, 0.3) is 0 Å². The number of likely N-dealkylation sites (tertiary alicyclic amines) is 1. The highest BCUT2D eigenvalue weighted by molar-refractivity contribution is 5.84. The van der Waals surface area contributed by atoms with Gasteiger partial charge in [0.05, 0.1) is 18.8 Å². The average molecular weight is 481 g/mol. The van der Waals surface area contributed by atoms with E-state index in [0.29, 0.717) is 24.6 Å². The van der Waals surface area contributed by atoms with Gasteiger partial charge in [-0.2, -0.15) is 9.90 Å². The van der Waals surface area contributed by atoms with Crippen LogP contribution in [0.2, 0.25) is 0 Å². The molecular formula is C25H32N6O4. The molecule has 2 aromatic rings. The molecule has 2 atom stereocenters. The first-order valence-electron chi connectivity index (χ1n) is 12.0. The van der Waals surface area contributed by atoms with Crippen LogP contribution in [0.4, 0.5) is 4.79 Å². The maximum absolute atomic E-state index is 12.4. The van der Waals surface area contributed by atoms with Crippen LogP contribution in [0, 0.1) is 0 Å². The first kappa shape index (κ1) is 23.3. The summed E-state index contributed by atoms with van der Waals surface area (Å²) in [5, 5.41) is 9.36. The number of methoxy groups -OCH3 is 1. The van der Waals surface area contributed by atoms with E-state index >= 15 is 0 Å². The Morgan fingerprint density at radius 3 is 2.57 bits per heavy atom. The van der Waals surface area contributed by atoms with Crippen LogP contribution in [0.5, 0.6) is 0 Å². The van der Waals surface area contributed by atoms with Crippen LogP contribution in [0.15, 0.2) is 34.5 Å². The van der Waals surface area contributed by atoms with Gasteiger partial charge in [0, 0.05) is 25.6 Å². The van der Waals surface area contributed by atoms with E-state index in [-0.39, 0.29) is 24.3 Å². The lowest BCUT2D eigenvalue weighted by Crippen LogP contribution is -2.42. The van der Waals surface area contributed by atoms with Crippen molar-refractivity contribution >= 4 is 28.7 Å². The number of fused-ring (bicyclic) bond motifs is 2. The average Bonchev–Trinajstić information content (AvgIpc) is 3.40. The second kappa shape index (κ2) is 8.66. The molecule has 10 nitrogen and oxygen atoms in total. The Morgan fingerprint density at radius 2 is 1.89 bits per heavy atom. The van der Waals surface area contributed by atoms with Crippen molar-refractivity contribution in [1.29, 1.82) is 0 Å². The van der Waals surface area contributed by atoms with Gasteiger partial charge in [-0.15, -0.1) is 5.10 Å². The highest BCUT2D eigenvalue weighted by Gasteiger charge is 2.37. The number of allylic oxidation sites excluding steroid dienone is 1. The minimum atomic E-state index is -0.501. The molecular weight excluding hydrogens is 448 g/mol. The summed E-state index contributed by atoms with van der Waals surface area (Å²) in [6.45, 7) is 10.7. The molecule has 1 aliphatic carbocycles. The fourth-order valence-corrected chi connectivity index (χ4v) is 4.83. The number of pyridine rings is 1. The number of aromatic nitrogens is 4. The predicted molar refractivity (Wildman–Crippen MR) is 131 cm³/mol. The molecule has 0 radical (unpaired) electrons. The highest BCUT2D eigenvalue weighted by Crippen LogP contribution is 2.37. The lowest BCUT2D eigenvalue weighted by molar-refractivity contribution is 0.0180. The van der Waals surface area contributed by atoms with E-state index in [2.05, 4.69) is 10.1 Å². The molecule has 0 saturated carbocycles. The van der Waals surface area contributed by atoms with Crippen molar-refractivity contribution in [3.63, 3.8) is 0 Å². The van der Waals surface area contributed by atoms with Crippen molar-refractivity contribution in [2.24, 2.45) is 4.99 Å². The highest BCUT2D eigenvalue weighted by atomic mass is 16.6. The third kappa shape index (κ3) is 4.49. The standard InChI is InChI=1S/C25H32N6O4/c1-14-21-20(34-15(2)26-21)13-17(22(14)33-6)18-7-8-19-23(27-18)29-31(28-19)16-9-11-30(12-10-16)24(32)35-25(3,4)5/h7-8,13,16,20-21H,9-12H2,1-6H3. The number of piperidine rings is 1. The van der Waals surface area contributed by atoms with Gasteiger partial charge in [-0.3, -0.25) is 0 Å². The van der Waals surface area contributed by atoms with Crippen LogP contribution < -0.4 is 0 Å². The molecule has 1 fully saturated rings. The second-order valence-electron chi connectivity index (χ2n) is 10.2. The molecule has 10 heteroatoms. The van der Waals surface area contributed by atoms with E-state index in [1.165, 1.54) is 0 Å². The molecule has 0 N–H and O–H groups in total. The molecule has 2 aromatic heterocycles. The van der Waals surface area contributed by atoms with Gasteiger partial charge in [-0.25, -0.2) is 14.8 Å². The van der Waals surface area contributed by atoms with E-state index in [9.17, 15) is 4.79 Å². The lowest BCUT2D eigenvalue weighted by atomic mass is 9.90. The first-order valence-corrected chi connectivity index (χ1v) is 12.0. The van der Waals surface area contributed by atoms with E-state index < -0.39 is 5.60 Å². The summed E-state index contributed by atoms with van der Waals surface area (Å²) in [4.78, 5) is 25.3. The zero-order valence-electron chi connectivity index (χ0n) is 21.1. The van der Waals surface area contributed by atoms with Crippen molar-refractivity contribution in [2.45, 2.75) is 71.2 Å². The summed E-state index contributed by atoms with van der Waals surface area (Å²) in [5.74, 6) is 1.44. The Labute approximate surface area is 204 Å². The van der Waals surface area contributed by atoms with E-state index in [1.54, 1.807) is 16.8 Å². The van der Waals surface area contributed by atoms with Crippen LogP contribution >= 0.6 is 0 Å². The smallest absolute Gasteiger partial charge is 0.410 e. The van der Waals surface area contributed by atoms with Gasteiger partial charge in [0.2, 0.25) is 5.65 Å². The Balaban J connectivity index is 1.34. The van der Waals surface area contributed by atoms with Crippen LogP contribution in [0.3, 0.4) is 0 Å². The number of carbonyl (C=O) groups excluding carboxylic acids is 1. The summed E-state index contributed by atoms with van der Waals surface area (Å²) in [6.07, 6.45) is 3.11. The SMILES string of the molecule is COC1=C(C)C2N=C(C)OC2C=C1c1ccc2nn(C3CCN(C(=O)OC(C)(C)C)CC3)nc2n1. The summed E-state index contributed by atoms with van der Waals surface area (Å²) < 4.78 is 17.1. The van der Waals surface area contributed by atoms with Gasteiger partial charge >= 0.3 is 6.09 Å². The number of amides is 1. The van der Waals surface area contributed by atoms with Crippen molar-refractivity contribution in [1.82, 2.24) is 24.9 Å². The summed E-state index contributed by atoms with van der Waals surface area (Å²) in [7, 11) is 1.66. The summed E-state index contributed by atoms with van der Waals surface area (Å²) in [6, 6.07) is 3.91. The predicted octanol–water partition coefficient (Wildman–Crippen LogP) is 3.90. The number of aliphatic imine (C=N–C) groups is 1. The molecule has 35 heavy (non-hydrogen) atoms. The quantitative estimate of drug-likeness (QED) is 0.656. The number of carbonyl (C=O) groups is 1. The van der Waals surface area contributed by atoms with Crippen LogP contribution in [0.25, 0.3) is 16.7 Å². The van der Waals surface area contributed by atoms with E-state index in [4.69, 9.17) is 24.3 Å². The van der Waals surface area contributed by atoms with Gasteiger partial charge in [-0.1, -0.05) is 0 Å². The van der Waals surface area contributed by atoms with Crippen molar-refractivity contribution in [3.8, 4) is 0 Å². The molecule has 2 aliphatic heterocycles. The van der Waals surface area contributed by atoms with Gasteiger partial charge in [-0.05, 0) is 64.3 Å². The lowest BCUT2D eigenvalue weighted by Gasteiger charge is -2.32. The minimum Gasteiger partial charge on any atom is -0.496 e. The normalized spacial score (nSPS) is 23.1. The van der Waals surface area contributed by atoms with Crippen molar-refractivity contribution in [3.05, 3.63) is 35.2 Å². The summed E-state index contributed by atoms with van der Waals surface area (Å²) in [5.41, 5.74) is 3.46. The minimum absolute atomic E-state index is 0.0650. The molecule has 5 rings (SSSR count). The maximum Gasteiger partial charge on any atom is 0.410 e. The Morgan fingerprint density at radius 1 is 1.14 bits per heavy atom. The third-order valence-corrected chi connectivity index (χ3v) is 6.50. The number of hydrogen-bond donors (Lipinski definition) is 0. The van der Waals surface area contributed by atoms with Gasteiger partial charge < -0.3 is 19.1 Å². The molecule has 186 valence electrons. The fourth-order valence-electron chi connectivity index (χ4n) is 4.83. The van der Waals surface area contributed by atoms with Crippen LogP contribution in [-0.4, -0.2) is 74.8 Å². The molecule has 2 unspecified atom stereocenters. The number of hydrogen-bond acceptors (Lipinski definition) is 8. The Kier molecular flexibility index (Phi) is 5.77. The third-order valence-electron chi connectivity index (χ3n) is 6.50. The van der Waals surface area contributed by atoms with Crippen LogP contribution in [-0.2, 0) is 14.2 Å². The first-order chi connectivity index (χ1) is 16.6. The number of nitrogens with zero attached hydrogens (tertiary/aromatic N) is 6. The van der Waals surface area contributed by atoms with Crippen molar-refractivity contribution in [2.75, 3.05) is 20.2 Å². The zero-order valence-corrected chi connectivity index (χ0v) is 21.1. The van der Waals surface area contributed by atoms with E-state index in [1.807, 2.05) is 52.8 Å². The monoisotopic (exact) mass is 480 g/mol. The molecule has 0 spiro atoms. The van der Waals surface area contributed by atoms with Gasteiger partial charge in [0.15, 0.2) is 5.90 Å². The summed E-state index contributed by atoms with van der Waals surface area (Å²) >= 11 is 0. The molecule has 4 heterocycles. The molecule has 1 amide bonds. The zero-order chi connectivity index (χ0) is 24.9. The molecule has 1 saturated heterocycles. The molecule has 0 aromatic carbocycles. The van der Waals surface area contributed by atoms with E-state index in [0.717, 1.165) is 41.0 Å². The number of rotatable bonds is 3. The largest absolute Gasteiger partial charge is 0.496 e. The van der Waals surface area contributed by atoms with Crippen molar-refractivity contribution < 1.29 is 19.0 Å². The Hall–Kier alpha value is -3.43. The number of ether oxygens (including phenoxy) is 3. The molecule has 3 aliphatic rings. The topological polar surface area (TPSA) is 104 Å². The Bertz CT molecular complexity index is 1250. The second-order valence-corrected chi connectivity index (χ2v) is 10.2. The molecule has 0 bridgehead atoms. The maximum atomic E-state index is 12.4. The van der Waals surface area contributed by atoms with Crippen LogP contribution in [0.1, 0.15) is 59.2 Å². The van der Waals surface area contributed by atoms with Gasteiger partial charge in [0.1, 0.15) is 29.0 Å². The fraction of sp³-hybridized carbons (Fsp3) is 0.560.